The molecule has 0 aliphatic carbocycles. The number of carbonyl (C=O) groups is 1. The van der Waals surface area contributed by atoms with E-state index in [4.69, 9.17) is 9.47 Å². The number of methoxy groups -OCH3 is 1. The van der Waals surface area contributed by atoms with Crippen LogP contribution in [0.5, 0.6) is 17.2 Å². The number of aromatic nitrogens is 3. The molecule has 0 spiro atoms. The van der Waals surface area contributed by atoms with Crippen LogP contribution in [0.4, 0.5) is 0 Å². The molecule has 0 unspecified atom stereocenters. The summed E-state index contributed by atoms with van der Waals surface area (Å²) >= 11 is 1.28. The maximum absolute atomic E-state index is 12.4. The maximum atomic E-state index is 12.4. The number of ether oxygens (including phenoxy) is 2. The van der Waals surface area contributed by atoms with Gasteiger partial charge in [-0.1, -0.05) is 36.1 Å². The molecule has 1 amide bonds. The van der Waals surface area contributed by atoms with Gasteiger partial charge in [-0.25, -0.2) is 5.43 Å². The van der Waals surface area contributed by atoms with Crippen LogP contribution < -0.4 is 24.6 Å². The lowest BCUT2D eigenvalue weighted by molar-refractivity contribution is -0.625. The molecular weight excluding hydrogens is 478 g/mol. The van der Waals surface area contributed by atoms with E-state index in [1.54, 1.807) is 12.1 Å². The summed E-state index contributed by atoms with van der Waals surface area (Å²) in [4.78, 5) is 12.4. The Labute approximate surface area is 212 Å². The molecule has 0 saturated carbocycles. The summed E-state index contributed by atoms with van der Waals surface area (Å²) in [5.74, 6) is 1.36. The third-order valence-electron chi connectivity index (χ3n) is 5.05. The van der Waals surface area contributed by atoms with Gasteiger partial charge in [-0.05, 0) is 66.7 Å². The molecule has 4 aromatic rings. The van der Waals surface area contributed by atoms with Gasteiger partial charge in [0.05, 0.1) is 36.3 Å². The Morgan fingerprint density at radius 3 is 2.67 bits per heavy atom. The molecule has 0 atom stereocenters. The molecule has 4 rings (SSSR count). The van der Waals surface area contributed by atoms with Crippen molar-refractivity contribution in [2.24, 2.45) is 5.10 Å². The number of nitrogens with zero attached hydrogens (tertiary/aromatic N) is 3. The zero-order valence-corrected chi connectivity index (χ0v) is 20.6. The summed E-state index contributed by atoms with van der Waals surface area (Å²) < 4.78 is 12.5. The van der Waals surface area contributed by atoms with Crippen molar-refractivity contribution >= 4 is 23.9 Å². The summed E-state index contributed by atoms with van der Waals surface area (Å²) in [5.41, 5.74) is 4.97. The molecule has 0 fully saturated rings. The van der Waals surface area contributed by atoms with Gasteiger partial charge in [0, 0.05) is 0 Å². The van der Waals surface area contributed by atoms with E-state index in [9.17, 15) is 9.90 Å². The topological polar surface area (TPSA) is 116 Å². The summed E-state index contributed by atoms with van der Waals surface area (Å²) in [6.07, 6.45) is 1.45. The van der Waals surface area contributed by atoms with Gasteiger partial charge < -0.3 is 14.6 Å². The molecule has 0 aliphatic rings. The molecule has 9 nitrogen and oxygen atoms in total. The van der Waals surface area contributed by atoms with E-state index in [0.29, 0.717) is 17.3 Å². The number of hydrogen-bond acceptors (Lipinski definition) is 7. The number of rotatable bonds is 10. The molecule has 0 radical (unpaired) electrons. The average molecular weight is 504 g/mol. The van der Waals surface area contributed by atoms with Crippen LogP contribution in [0.15, 0.2) is 83.1 Å². The number of amides is 1. The number of hydrogen-bond donors (Lipinski definition) is 2. The van der Waals surface area contributed by atoms with Crippen LogP contribution in [-0.4, -0.2) is 41.8 Å². The predicted octanol–water partition coefficient (Wildman–Crippen LogP) is 3.08. The van der Waals surface area contributed by atoms with E-state index in [0.717, 1.165) is 22.8 Å². The molecule has 36 heavy (non-hydrogen) atoms. The van der Waals surface area contributed by atoms with Gasteiger partial charge in [0.1, 0.15) is 17.2 Å². The minimum Gasteiger partial charge on any atom is -0.870 e. The van der Waals surface area contributed by atoms with E-state index < -0.39 is 0 Å². The van der Waals surface area contributed by atoms with Gasteiger partial charge in [0.15, 0.2) is 0 Å². The van der Waals surface area contributed by atoms with Gasteiger partial charge >= 0.3 is 5.16 Å². The van der Waals surface area contributed by atoms with Crippen LogP contribution in [0.3, 0.4) is 0 Å². The summed E-state index contributed by atoms with van der Waals surface area (Å²) in [5, 5.41) is 23.8. The lowest BCUT2D eigenvalue weighted by Crippen LogP contribution is -2.34. The Balaban J connectivity index is 1.49. The highest BCUT2D eigenvalue weighted by Crippen LogP contribution is 2.23. The smallest absolute Gasteiger partial charge is 0.342 e. The van der Waals surface area contributed by atoms with E-state index in [2.05, 4.69) is 20.7 Å². The van der Waals surface area contributed by atoms with Gasteiger partial charge in [-0.2, -0.15) is 9.67 Å². The van der Waals surface area contributed by atoms with Gasteiger partial charge in [-0.3, -0.25) is 4.79 Å². The van der Waals surface area contributed by atoms with Crippen molar-refractivity contribution < 1.29 is 23.9 Å². The molecule has 1 heterocycles. The van der Waals surface area contributed by atoms with E-state index in [1.165, 1.54) is 31.2 Å². The van der Waals surface area contributed by atoms with Crippen LogP contribution in [0.25, 0.3) is 17.1 Å². The first-order chi connectivity index (χ1) is 17.6. The lowest BCUT2D eigenvalue weighted by Gasteiger charge is -2.11. The second kappa shape index (κ2) is 11.9. The maximum Gasteiger partial charge on any atom is 0.342 e. The molecule has 10 heteroatoms. The fourth-order valence-corrected chi connectivity index (χ4v) is 4.15. The van der Waals surface area contributed by atoms with Crippen LogP contribution in [0, 0.1) is 0 Å². The second-order valence-electron chi connectivity index (χ2n) is 7.48. The minimum absolute atomic E-state index is 0.0935. The quantitative estimate of drug-likeness (QED) is 0.149. The summed E-state index contributed by atoms with van der Waals surface area (Å²) in [7, 11) is 1.43. The minimum atomic E-state index is -0.300. The van der Waals surface area contributed by atoms with Crippen LogP contribution in [-0.2, 0) is 4.79 Å². The average Bonchev–Trinajstić information content (AvgIpc) is 3.33. The number of thioether (sulfide) groups is 1. The Hall–Kier alpha value is -4.31. The Morgan fingerprint density at radius 1 is 1.17 bits per heavy atom. The Kier molecular flexibility index (Phi) is 8.20. The SMILES string of the molecule is CCOc1ccc(-[n+]2c(SCC(=O)NN=Cc3ccc([O-])c(OC)c3)n[nH]c2-c2ccccc2)cc1. The largest absolute Gasteiger partial charge is 0.870 e. The highest BCUT2D eigenvalue weighted by Gasteiger charge is 2.24. The van der Waals surface area contributed by atoms with Crippen LogP contribution >= 0.6 is 11.8 Å². The molecule has 184 valence electrons. The standard InChI is InChI=1S/C26H25N5O4S/c1-3-35-21-12-10-20(11-13-21)31-25(19-7-5-4-6-8-19)29-30-26(31)36-17-24(33)28-27-16-18-9-14-22(32)23(15-18)34-2/h4-16H,3,17H2,1-2H3,(H2,27,28,32,33). The van der Waals surface area contributed by atoms with Gasteiger partial charge in [-0.15, -0.1) is 5.10 Å². The van der Waals surface area contributed by atoms with Crippen LogP contribution in [0.1, 0.15) is 12.5 Å². The van der Waals surface area contributed by atoms with E-state index in [1.807, 2.05) is 66.1 Å². The van der Waals surface area contributed by atoms with Crippen LogP contribution in [0.2, 0.25) is 0 Å². The summed E-state index contributed by atoms with van der Waals surface area (Å²) in [6.45, 7) is 2.53. The first-order valence-corrected chi connectivity index (χ1v) is 12.2. The molecular formula is C26H25N5O4S. The van der Waals surface area contributed by atoms with Crippen molar-refractivity contribution in [2.75, 3.05) is 19.5 Å². The highest BCUT2D eigenvalue weighted by atomic mass is 32.2. The third-order valence-corrected chi connectivity index (χ3v) is 5.99. The highest BCUT2D eigenvalue weighted by molar-refractivity contribution is 7.99. The Bertz CT molecular complexity index is 1340. The third kappa shape index (κ3) is 6.02. The number of carbonyl (C=O) groups excluding carboxylic acids is 1. The summed E-state index contributed by atoms with van der Waals surface area (Å²) in [6, 6.07) is 22.1. The van der Waals surface area contributed by atoms with Crippen molar-refractivity contribution in [3.8, 4) is 34.3 Å². The van der Waals surface area contributed by atoms with Crippen molar-refractivity contribution in [3.05, 3.63) is 78.4 Å². The van der Waals surface area contributed by atoms with Crippen molar-refractivity contribution in [3.63, 3.8) is 0 Å². The number of aromatic amines is 1. The number of nitrogens with one attached hydrogen (secondary N) is 2. The van der Waals surface area contributed by atoms with E-state index >= 15 is 0 Å². The molecule has 0 bridgehead atoms. The normalized spacial score (nSPS) is 10.9. The van der Waals surface area contributed by atoms with Gasteiger partial charge in [0.2, 0.25) is 0 Å². The second-order valence-corrected chi connectivity index (χ2v) is 8.42. The fraction of sp³-hybridized carbons (Fsp3) is 0.154. The molecule has 0 aliphatic heterocycles. The lowest BCUT2D eigenvalue weighted by atomic mass is 10.2. The fourth-order valence-electron chi connectivity index (χ4n) is 3.39. The Morgan fingerprint density at radius 2 is 1.94 bits per heavy atom. The number of benzene rings is 3. The van der Waals surface area contributed by atoms with Crippen molar-refractivity contribution in [2.45, 2.75) is 12.1 Å². The van der Waals surface area contributed by atoms with Crippen molar-refractivity contribution in [1.29, 1.82) is 0 Å². The zero-order valence-electron chi connectivity index (χ0n) is 19.8. The monoisotopic (exact) mass is 503 g/mol. The molecule has 0 saturated heterocycles. The number of H-pyrrole nitrogens is 1. The number of hydrazone groups is 1. The van der Waals surface area contributed by atoms with E-state index in [-0.39, 0.29) is 23.2 Å². The molecule has 2 N–H and O–H groups in total. The van der Waals surface area contributed by atoms with Gasteiger partial charge in [0.25, 0.3) is 11.7 Å². The first kappa shape index (κ1) is 24.8. The zero-order chi connectivity index (χ0) is 25.3. The van der Waals surface area contributed by atoms with Crippen molar-refractivity contribution in [1.82, 2.24) is 15.6 Å². The molecule has 1 aromatic heterocycles. The molecule has 3 aromatic carbocycles. The predicted molar refractivity (Wildman–Crippen MR) is 136 cm³/mol. The first-order valence-electron chi connectivity index (χ1n) is 11.2.